The standard InChI is InChI=1S/C7H10N4O/c1-11-4-7(9-10-11)2-6(3-8)5-12/h4,6,12H,2,5H2,1H3. The summed E-state index contributed by atoms with van der Waals surface area (Å²) in [6.45, 7) is -0.132. The smallest absolute Gasteiger partial charge is 0.0840 e. The summed E-state index contributed by atoms with van der Waals surface area (Å²) in [4.78, 5) is 0. The third-order valence-electron chi connectivity index (χ3n) is 1.51. The average Bonchev–Trinajstić information content (AvgIpc) is 2.47. The van der Waals surface area contributed by atoms with Gasteiger partial charge in [0.25, 0.3) is 0 Å². The Morgan fingerprint density at radius 2 is 2.58 bits per heavy atom. The number of hydrogen-bond donors (Lipinski definition) is 1. The lowest BCUT2D eigenvalue weighted by molar-refractivity contribution is 0.255. The van der Waals surface area contributed by atoms with Gasteiger partial charge in [-0.05, 0) is 0 Å². The maximum absolute atomic E-state index is 8.72. The zero-order valence-electron chi connectivity index (χ0n) is 6.80. The Bertz CT molecular complexity index is 288. The van der Waals surface area contributed by atoms with E-state index in [0.29, 0.717) is 6.42 Å². The molecule has 1 aromatic rings. The molecule has 0 aliphatic heterocycles. The number of aromatic nitrogens is 3. The van der Waals surface area contributed by atoms with E-state index in [1.54, 1.807) is 17.9 Å². The van der Waals surface area contributed by atoms with Crippen molar-refractivity contribution >= 4 is 0 Å². The topological polar surface area (TPSA) is 74.7 Å². The Kier molecular flexibility index (Phi) is 2.77. The summed E-state index contributed by atoms with van der Waals surface area (Å²) in [5, 5.41) is 24.8. The van der Waals surface area contributed by atoms with Gasteiger partial charge in [-0.25, -0.2) is 0 Å². The summed E-state index contributed by atoms with van der Waals surface area (Å²) >= 11 is 0. The van der Waals surface area contributed by atoms with Gasteiger partial charge >= 0.3 is 0 Å². The first-order valence-corrected chi connectivity index (χ1v) is 3.62. The van der Waals surface area contributed by atoms with Crippen molar-refractivity contribution in [1.82, 2.24) is 15.0 Å². The SMILES string of the molecule is Cn1cc(CC(C#N)CO)nn1. The molecule has 0 aliphatic rings. The molecule has 0 fully saturated rings. The summed E-state index contributed by atoms with van der Waals surface area (Å²) in [5.74, 6) is -0.373. The maximum atomic E-state index is 8.72. The van der Waals surface area contributed by atoms with E-state index >= 15 is 0 Å². The van der Waals surface area contributed by atoms with Crippen LogP contribution in [0.5, 0.6) is 0 Å². The van der Waals surface area contributed by atoms with E-state index < -0.39 is 0 Å². The fraction of sp³-hybridized carbons (Fsp3) is 0.571. The van der Waals surface area contributed by atoms with Gasteiger partial charge in [-0.3, -0.25) is 4.68 Å². The lowest BCUT2D eigenvalue weighted by Crippen LogP contribution is -2.06. The van der Waals surface area contributed by atoms with Gasteiger partial charge < -0.3 is 5.11 Å². The van der Waals surface area contributed by atoms with Gasteiger partial charge in [0.1, 0.15) is 0 Å². The van der Waals surface area contributed by atoms with E-state index in [2.05, 4.69) is 10.3 Å². The van der Waals surface area contributed by atoms with E-state index in [1.165, 1.54) is 0 Å². The van der Waals surface area contributed by atoms with Crippen molar-refractivity contribution in [3.63, 3.8) is 0 Å². The number of aliphatic hydroxyl groups is 1. The number of nitriles is 1. The zero-order valence-corrected chi connectivity index (χ0v) is 6.80. The molecule has 0 bridgehead atoms. The maximum Gasteiger partial charge on any atom is 0.0840 e. The molecule has 0 amide bonds. The van der Waals surface area contributed by atoms with Crippen LogP contribution in [0, 0.1) is 17.2 Å². The van der Waals surface area contributed by atoms with Crippen LogP contribution in [0.1, 0.15) is 5.69 Å². The molecule has 0 spiro atoms. The fourth-order valence-corrected chi connectivity index (χ4v) is 0.892. The molecule has 1 rings (SSSR count). The molecule has 0 aromatic carbocycles. The monoisotopic (exact) mass is 166 g/mol. The Morgan fingerprint density at radius 1 is 1.83 bits per heavy atom. The molecule has 1 aromatic heterocycles. The lowest BCUT2D eigenvalue weighted by Gasteiger charge is -1.99. The second kappa shape index (κ2) is 3.83. The zero-order chi connectivity index (χ0) is 8.97. The predicted octanol–water partition coefficient (Wildman–Crippen LogP) is -0.510. The first kappa shape index (κ1) is 8.68. The molecule has 0 aliphatic carbocycles. The van der Waals surface area contributed by atoms with Crippen molar-refractivity contribution in [3.8, 4) is 6.07 Å². The highest BCUT2D eigenvalue weighted by atomic mass is 16.3. The Morgan fingerprint density at radius 3 is 3.00 bits per heavy atom. The van der Waals surface area contributed by atoms with E-state index in [1.807, 2.05) is 6.07 Å². The highest BCUT2D eigenvalue weighted by Crippen LogP contribution is 2.03. The van der Waals surface area contributed by atoms with Crippen LogP contribution in [0.3, 0.4) is 0 Å². The largest absolute Gasteiger partial charge is 0.395 e. The minimum absolute atomic E-state index is 0.132. The van der Waals surface area contributed by atoms with Gasteiger partial charge in [-0.1, -0.05) is 5.21 Å². The van der Waals surface area contributed by atoms with Crippen molar-refractivity contribution in [1.29, 1.82) is 5.26 Å². The van der Waals surface area contributed by atoms with Crippen LogP contribution in [0.2, 0.25) is 0 Å². The number of nitrogens with zero attached hydrogens (tertiary/aromatic N) is 4. The van der Waals surface area contributed by atoms with Crippen LogP contribution in [0.15, 0.2) is 6.20 Å². The second-order valence-corrected chi connectivity index (χ2v) is 2.60. The van der Waals surface area contributed by atoms with Gasteiger partial charge in [-0.15, -0.1) is 5.10 Å². The molecular formula is C7H10N4O. The average molecular weight is 166 g/mol. The summed E-state index contributed by atoms with van der Waals surface area (Å²) in [5.41, 5.74) is 0.734. The van der Waals surface area contributed by atoms with E-state index in [4.69, 9.17) is 10.4 Å². The van der Waals surface area contributed by atoms with Crippen molar-refractivity contribution < 1.29 is 5.11 Å². The van der Waals surface area contributed by atoms with Gasteiger partial charge in [0.05, 0.1) is 24.3 Å². The number of rotatable bonds is 3. The summed E-state index contributed by atoms with van der Waals surface area (Å²) in [7, 11) is 1.76. The van der Waals surface area contributed by atoms with Gasteiger partial charge in [0.2, 0.25) is 0 Å². The lowest BCUT2D eigenvalue weighted by atomic mass is 10.1. The predicted molar refractivity (Wildman–Crippen MR) is 40.9 cm³/mol. The van der Waals surface area contributed by atoms with Crippen LogP contribution in [-0.4, -0.2) is 26.7 Å². The Balaban J connectivity index is 2.58. The van der Waals surface area contributed by atoms with Crippen molar-refractivity contribution in [3.05, 3.63) is 11.9 Å². The molecule has 0 saturated carbocycles. The van der Waals surface area contributed by atoms with Crippen LogP contribution < -0.4 is 0 Å². The summed E-state index contributed by atoms with van der Waals surface area (Å²) in [6, 6.07) is 1.98. The second-order valence-electron chi connectivity index (χ2n) is 2.60. The number of aliphatic hydroxyl groups excluding tert-OH is 1. The molecule has 0 saturated heterocycles. The van der Waals surface area contributed by atoms with E-state index in [-0.39, 0.29) is 12.5 Å². The van der Waals surface area contributed by atoms with Crippen molar-refractivity contribution in [2.75, 3.05) is 6.61 Å². The molecule has 64 valence electrons. The van der Waals surface area contributed by atoms with E-state index in [0.717, 1.165) is 5.69 Å². The van der Waals surface area contributed by atoms with Crippen LogP contribution in [-0.2, 0) is 13.5 Å². The molecule has 1 atom stereocenters. The van der Waals surface area contributed by atoms with Crippen molar-refractivity contribution in [2.45, 2.75) is 6.42 Å². The van der Waals surface area contributed by atoms with E-state index in [9.17, 15) is 0 Å². The minimum Gasteiger partial charge on any atom is -0.395 e. The molecule has 0 radical (unpaired) electrons. The quantitative estimate of drug-likeness (QED) is 0.656. The van der Waals surface area contributed by atoms with Crippen LogP contribution >= 0.6 is 0 Å². The molecule has 5 nitrogen and oxygen atoms in total. The van der Waals surface area contributed by atoms with Gasteiger partial charge in [0, 0.05) is 19.7 Å². The molecular weight excluding hydrogens is 156 g/mol. The third-order valence-corrected chi connectivity index (χ3v) is 1.51. The normalized spacial score (nSPS) is 12.4. The number of aryl methyl sites for hydroxylation is 1. The Hall–Kier alpha value is -1.41. The summed E-state index contributed by atoms with van der Waals surface area (Å²) < 4.78 is 1.57. The molecule has 1 heterocycles. The molecule has 5 heteroatoms. The summed E-state index contributed by atoms with van der Waals surface area (Å²) in [6.07, 6.45) is 2.20. The Labute approximate surface area is 70.2 Å². The van der Waals surface area contributed by atoms with Gasteiger partial charge in [0.15, 0.2) is 0 Å². The molecule has 12 heavy (non-hydrogen) atoms. The van der Waals surface area contributed by atoms with Crippen LogP contribution in [0.4, 0.5) is 0 Å². The third kappa shape index (κ3) is 2.04. The first-order chi connectivity index (χ1) is 5.76. The number of hydrogen-bond acceptors (Lipinski definition) is 4. The van der Waals surface area contributed by atoms with Crippen LogP contribution in [0.25, 0.3) is 0 Å². The minimum atomic E-state index is -0.373. The first-order valence-electron chi connectivity index (χ1n) is 3.62. The van der Waals surface area contributed by atoms with Gasteiger partial charge in [-0.2, -0.15) is 5.26 Å². The highest BCUT2D eigenvalue weighted by Gasteiger charge is 2.08. The molecule has 1 unspecified atom stereocenters. The highest BCUT2D eigenvalue weighted by molar-refractivity contribution is 4.98. The fourth-order valence-electron chi connectivity index (χ4n) is 0.892. The van der Waals surface area contributed by atoms with Crippen molar-refractivity contribution in [2.24, 2.45) is 13.0 Å². The molecule has 1 N–H and O–H groups in total.